The molecule has 1 aromatic carbocycles. The largest absolute Gasteiger partial charge is 0.496 e. The maximum atomic E-state index is 9.87. The number of rotatable bonds is 5. The van der Waals surface area contributed by atoms with E-state index in [1.54, 1.807) is 25.8 Å². The highest BCUT2D eigenvalue weighted by Gasteiger charge is 2.17. The van der Waals surface area contributed by atoms with Crippen molar-refractivity contribution in [3.8, 4) is 5.75 Å². The van der Waals surface area contributed by atoms with E-state index in [1.807, 2.05) is 18.2 Å². The standard InChI is InChI=1S/C14H22O2S/c1-9(2)11(4)17-13-8-6-7-12(16-5)14(13)10(3)15/h6-11,15H,1-5H3/t10-,11?/m1/s1. The van der Waals surface area contributed by atoms with E-state index in [0.29, 0.717) is 11.2 Å². The van der Waals surface area contributed by atoms with Crippen molar-refractivity contribution in [1.29, 1.82) is 0 Å². The fraction of sp³-hybridized carbons (Fsp3) is 0.571. The van der Waals surface area contributed by atoms with Gasteiger partial charge in [0.1, 0.15) is 5.75 Å². The molecule has 0 aromatic heterocycles. The minimum absolute atomic E-state index is 0.506. The van der Waals surface area contributed by atoms with E-state index < -0.39 is 6.10 Å². The fourth-order valence-corrected chi connectivity index (χ4v) is 2.78. The van der Waals surface area contributed by atoms with Crippen LogP contribution >= 0.6 is 11.8 Å². The summed E-state index contributed by atoms with van der Waals surface area (Å²) in [5, 5.41) is 10.4. The minimum Gasteiger partial charge on any atom is -0.496 e. The Hall–Kier alpha value is -0.670. The SMILES string of the molecule is COc1cccc(SC(C)C(C)C)c1[C@@H](C)O. The zero-order chi connectivity index (χ0) is 13.0. The van der Waals surface area contributed by atoms with Crippen LogP contribution < -0.4 is 4.74 Å². The third kappa shape index (κ3) is 3.65. The summed E-state index contributed by atoms with van der Waals surface area (Å²) in [7, 11) is 1.64. The molecule has 0 fully saturated rings. The van der Waals surface area contributed by atoms with Gasteiger partial charge in [-0.3, -0.25) is 0 Å². The molecule has 0 aliphatic carbocycles. The Labute approximate surface area is 108 Å². The Morgan fingerprint density at radius 1 is 1.18 bits per heavy atom. The van der Waals surface area contributed by atoms with Crippen molar-refractivity contribution in [2.24, 2.45) is 5.92 Å². The van der Waals surface area contributed by atoms with Crippen LogP contribution in [0.15, 0.2) is 23.1 Å². The first kappa shape index (κ1) is 14.4. The molecule has 0 amide bonds. The number of benzene rings is 1. The number of aliphatic hydroxyl groups is 1. The van der Waals surface area contributed by atoms with E-state index in [0.717, 1.165) is 16.2 Å². The third-order valence-corrected chi connectivity index (χ3v) is 4.44. The van der Waals surface area contributed by atoms with Crippen molar-refractivity contribution in [3.05, 3.63) is 23.8 Å². The second kappa shape index (κ2) is 6.31. The number of hydrogen-bond donors (Lipinski definition) is 1. The Morgan fingerprint density at radius 3 is 2.29 bits per heavy atom. The molecule has 1 N–H and O–H groups in total. The number of ether oxygens (including phenoxy) is 1. The summed E-state index contributed by atoms with van der Waals surface area (Å²) < 4.78 is 5.32. The summed E-state index contributed by atoms with van der Waals surface area (Å²) >= 11 is 1.80. The van der Waals surface area contributed by atoms with Crippen molar-refractivity contribution >= 4 is 11.8 Å². The molecule has 0 saturated carbocycles. The first-order valence-corrected chi connectivity index (χ1v) is 6.87. The molecular formula is C14H22O2S. The maximum absolute atomic E-state index is 9.87. The summed E-state index contributed by atoms with van der Waals surface area (Å²) in [6.45, 7) is 8.41. The molecule has 0 saturated heterocycles. The maximum Gasteiger partial charge on any atom is 0.125 e. The first-order chi connectivity index (χ1) is 7.97. The molecule has 3 heteroatoms. The molecule has 0 aliphatic heterocycles. The molecule has 17 heavy (non-hydrogen) atoms. The second-order valence-electron chi connectivity index (χ2n) is 4.62. The van der Waals surface area contributed by atoms with Crippen LogP contribution in [0.2, 0.25) is 0 Å². The quantitative estimate of drug-likeness (QED) is 0.808. The Bertz CT molecular complexity index is 361. The topological polar surface area (TPSA) is 29.5 Å². The minimum atomic E-state index is -0.506. The Morgan fingerprint density at radius 2 is 1.82 bits per heavy atom. The molecular weight excluding hydrogens is 232 g/mol. The van der Waals surface area contributed by atoms with Crippen LogP contribution in [-0.4, -0.2) is 17.5 Å². The van der Waals surface area contributed by atoms with Crippen molar-refractivity contribution in [2.75, 3.05) is 7.11 Å². The summed E-state index contributed by atoms with van der Waals surface area (Å²) in [5.41, 5.74) is 0.896. The fourth-order valence-electron chi connectivity index (χ4n) is 1.55. The zero-order valence-corrected chi connectivity index (χ0v) is 12.0. The first-order valence-electron chi connectivity index (χ1n) is 5.99. The highest BCUT2D eigenvalue weighted by atomic mass is 32.2. The van der Waals surface area contributed by atoms with E-state index in [2.05, 4.69) is 20.8 Å². The van der Waals surface area contributed by atoms with Crippen LogP contribution in [0, 0.1) is 5.92 Å². The molecule has 1 unspecified atom stereocenters. The van der Waals surface area contributed by atoms with Gasteiger partial charge >= 0.3 is 0 Å². The van der Waals surface area contributed by atoms with Crippen LogP contribution in [0.25, 0.3) is 0 Å². The van der Waals surface area contributed by atoms with Crippen LogP contribution in [0.5, 0.6) is 5.75 Å². The summed E-state index contributed by atoms with van der Waals surface area (Å²) in [6.07, 6.45) is -0.506. The van der Waals surface area contributed by atoms with Crippen LogP contribution in [0.1, 0.15) is 39.4 Å². The lowest BCUT2D eigenvalue weighted by Crippen LogP contribution is -2.07. The second-order valence-corrected chi connectivity index (χ2v) is 6.03. The van der Waals surface area contributed by atoms with Gasteiger partial charge in [-0.15, -0.1) is 11.8 Å². The lowest BCUT2D eigenvalue weighted by Gasteiger charge is -2.20. The van der Waals surface area contributed by atoms with Crippen molar-refractivity contribution in [3.63, 3.8) is 0 Å². The van der Waals surface area contributed by atoms with Crippen LogP contribution in [-0.2, 0) is 0 Å². The van der Waals surface area contributed by atoms with Crippen molar-refractivity contribution in [1.82, 2.24) is 0 Å². The summed E-state index contributed by atoms with van der Waals surface area (Å²) in [5.74, 6) is 1.37. The molecule has 1 rings (SSSR count). The predicted octanol–water partition coefficient (Wildman–Crippen LogP) is 3.89. The van der Waals surface area contributed by atoms with E-state index >= 15 is 0 Å². The lowest BCUT2D eigenvalue weighted by molar-refractivity contribution is 0.191. The highest BCUT2D eigenvalue weighted by Crippen LogP contribution is 2.38. The summed E-state index contributed by atoms with van der Waals surface area (Å²) in [4.78, 5) is 1.11. The number of hydrogen-bond acceptors (Lipinski definition) is 3. The van der Waals surface area contributed by atoms with Gasteiger partial charge in [-0.25, -0.2) is 0 Å². The van der Waals surface area contributed by atoms with Crippen molar-refractivity contribution < 1.29 is 9.84 Å². The zero-order valence-electron chi connectivity index (χ0n) is 11.2. The number of thioether (sulfide) groups is 1. The van der Waals surface area contributed by atoms with Gasteiger partial charge in [0.15, 0.2) is 0 Å². The van der Waals surface area contributed by atoms with Gasteiger partial charge in [-0.1, -0.05) is 26.8 Å². The van der Waals surface area contributed by atoms with Gasteiger partial charge in [-0.2, -0.15) is 0 Å². The van der Waals surface area contributed by atoms with Crippen LogP contribution in [0.3, 0.4) is 0 Å². The normalized spacial score (nSPS) is 14.8. The molecule has 2 atom stereocenters. The lowest BCUT2D eigenvalue weighted by atomic mass is 10.1. The number of aliphatic hydroxyl groups excluding tert-OH is 1. The van der Waals surface area contributed by atoms with Crippen LogP contribution in [0.4, 0.5) is 0 Å². The Kier molecular flexibility index (Phi) is 5.34. The van der Waals surface area contributed by atoms with E-state index in [-0.39, 0.29) is 0 Å². The molecule has 2 nitrogen and oxygen atoms in total. The third-order valence-electron chi connectivity index (χ3n) is 2.92. The molecule has 0 spiro atoms. The molecule has 0 aliphatic rings. The molecule has 0 heterocycles. The van der Waals surface area contributed by atoms with E-state index in [9.17, 15) is 5.11 Å². The summed E-state index contributed by atoms with van der Waals surface area (Å²) in [6, 6.07) is 5.92. The van der Waals surface area contributed by atoms with E-state index in [4.69, 9.17) is 4.74 Å². The molecule has 0 radical (unpaired) electrons. The van der Waals surface area contributed by atoms with Gasteiger partial charge in [0, 0.05) is 15.7 Å². The average Bonchev–Trinajstić information content (AvgIpc) is 2.27. The monoisotopic (exact) mass is 254 g/mol. The van der Waals surface area contributed by atoms with Gasteiger partial charge in [0.05, 0.1) is 13.2 Å². The average molecular weight is 254 g/mol. The van der Waals surface area contributed by atoms with Gasteiger partial charge in [0.2, 0.25) is 0 Å². The van der Waals surface area contributed by atoms with Gasteiger partial charge < -0.3 is 9.84 Å². The number of methoxy groups -OCH3 is 1. The Balaban J connectivity index is 3.06. The smallest absolute Gasteiger partial charge is 0.125 e. The molecule has 96 valence electrons. The molecule has 1 aromatic rings. The van der Waals surface area contributed by atoms with Gasteiger partial charge in [0.25, 0.3) is 0 Å². The van der Waals surface area contributed by atoms with Crippen molar-refractivity contribution in [2.45, 2.75) is 43.9 Å². The predicted molar refractivity (Wildman–Crippen MR) is 73.8 cm³/mol. The van der Waals surface area contributed by atoms with Gasteiger partial charge in [-0.05, 0) is 25.0 Å². The highest BCUT2D eigenvalue weighted by molar-refractivity contribution is 8.00. The van der Waals surface area contributed by atoms with E-state index in [1.165, 1.54) is 0 Å². The molecule has 0 bridgehead atoms.